The van der Waals surface area contributed by atoms with Gasteiger partial charge < -0.3 is 20.2 Å². The molecule has 5 aromatic heterocycles. The summed E-state index contributed by atoms with van der Waals surface area (Å²) < 4.78 is 13.8. The molecule has 0 bridgehead atoms. The van der Waals surface area contributed by atoms with E-state index in [1.54, 1.807) is 61.6 Å². The number of hydrogen-bond acceptors (Lipinski definition) is 9. The van der Waals surface area contributed by atoms with Crippen molar-refractivity contribution < 1.29 is 13.9 Å². The van der Waals surface area contributed by atoms with Crippen LogP contribution < -0.4 is 15.8 Å². The van der Waals surface area contributed by atoms with Crippen molar-refractivity contribution in [3.63, 3.8) is 0 Å². The van der Waals surface area contributed by atoms with Gasteiger partial charge in [0.25, 0.3) is 5.91 Å². The number of pyridine rings is 1. The van der Waals surface area contributed by atoms with E-state index in [1.165, 1.54) is 4.52 Å². The van der Waals surface area contributed by atoms with E-state index in [2.05, 4.69) is 30.5 Å². The molecule has 5 heterocycles. The number of carbonyl (C=O) groups is 1. The lowest BCUT2D eigenvalue weighted by atomic mass is 9.91. The molecule has 0 radical (unpaired) electrons. The van der Waals surface area contributed by atoms with E-state index in [9.17, 15) is 4.79 Å². The first-order valence-electron chi connectivity index (χ1n) is 11.8. The van der Waals surface area contributed by atoms with Gasteiger partial charge in [-0.1, -0.05) is 30.3 Å². The second-order valence-corrected chi connectivity index (χ2v) is 8.69. The molecule has 3 N–H and O–H groups in total. The van der Waals surface area contributed by atoms with Gasteiger partial charge in [-0.2, -0.15) is 14.6 Å². The van der Waals surface area contributed by atoms with Crippen LogP contribution in [0.25, 0.3) is 28.3 Å². The molecule has 0 saturated carbocycles. The first-order valence-corrected chi connectivity index (χ1v) is 11.8. The van der Waals surface area contributed by atoms with E-state index in [0.717, 1.165) is 0 Å². The van der Waals surface area contributed by atoms with Crippen molar-refractivity contribution >= 4 is 28.5 Å². The Morgan fingerprint density at radius 1 is 1.11 bits per heavy atom. The maximum absolute atomic E-state index is 13.9. The molecule has 0 saturated heterocycles. The Balaban J connectivity index is 1.47. The summed E-state index contributed by atoms with van der Waals surface area (Å²) in [6, 6.07) is 16.4. The lowest BCUT2D eigenvalue weighted by molar-refractivity contribution is -0.127. The van der Waals surface area contributed by atoms with Gasteiger partial charge >= 0.3 is 0 Å². The zero-order valence-corrected chi connectivity index (χ0v) is 20.6. The molecule has 0 aliphatic heterocycles. The predicted molar refractivity (Wildman–Crippen MR) is 138 cm³/mol. The Labute approximate surface area is 216 Å². The summed E-state index contributed by atoms with van der Waals surface area (Å²) in [5.41, 5.74) is 7.12. The van der Waals surface area contributed by atoms with Gasteiger partial charge in [-0.05, 0) is 36.8 Å². The summed E-state index contributed by atoms with van der Waals surface area (Å²) in [6.45, 7) is 1.93. The van der Waals surface area contributed by atoms with E-state index in [0.29, 0.717) is 45.3 Å². The van der Waals surface area contributed by atoms with Gasteiger partial charge in [-0.25, -0.2) is 9.67 Å². The molecule has 12 heteroatoms. The number of aromatic nitrogens is 7. The van der Waals surface area contributed by atoms with Crippen molar-refractivity contribution in [2.75, 3.05) is 12.8 Å². The zero-order chi connectivity index (χ0) is 26.3. The molecule has 1 aromatic carbocycles. The number of rotatable bonds is 7. The lowest BCUT2D eigenvalue weighted by Crippen LogP contribution is -2.48. The van der Waals surface area contributed by atoms with Crippen molar-refractivity contribution in [1.82, 2.24) is 39.7 Å². The average molecular weight is 510 g/mol. The Bertz CT molecular complexity index is 1760. The molecule has 0 aliphatic carbocycles. The third-order valence-corrected chi connectivity index (χ3v) is 6.46. The number of nitrogen functional groups attached to an aromatic ring is 1. The first kappa shape index (κ1) is 23.2. The van der Waals surface area contributed by atoms with Crippen molar-refractivity contribution in [3.8, 4) is 17.3 Å². The molecule has 1 amide bonds. The number of carbonyl (C=O) groups excluding carboxylic acids is 1. The minimum atomic E-state index is -1.30. The van der Waals surface area contributed by atoms with Crippen LogP contribution in [0, 0.1) is 0 Å². The van der Waals surface area contributed by atoms with Gasteiger partial charge in [-0.3, -0.25) is 9.78 Å². The quantitative estimate of drug-likeness (QED) is 0.331. The van der Waals surface area contributed by atoms with Crippen LogP contribution >= 0.6 is 0 Å². The number of amides is 1. The van der Waals surface area contributed by atoms with Gasteiger partial charge in [-0.15, -0.1) is 5.10 Å². The molecule has 0 unspecified atom stereocenters. The van der Waals surface area contributed by atoms with Gasteiger partial charge in [0.1, 0.15) is 11.4 Å². The summed E-state index contributed by atoms with van der Waals surface area (Å²) in [7, 11) is 1.56. The van der Waals surface area contributed by atoms with Crippen molar-refractivity contribution in [2.24, 2.45) is 0 Å². The molecule has 190 valence electrons. The zero-order valence-electron chi connectivity index (χ0n) is 20.6. The summed E-state index contributed by atoms with van der Waals surface area (Å²) in [6.07, 6.45) is 4.80. The summed E-state index contributed by atoms with van der Waals surface area (Å²) in [5.74, 6) is 1.20. The fraction of sp³-hybridized carbons (Fsp3) is 0.154. The molecule has 6 rings (SSSR count). The van der Waals surface area contributed by atoms with Crippen molar-refractivity contribution in [2.45, 2.75) is 19.0 Å². The molecule has 0 fully saturated rings. The third kappa shape index (κ3) is 3.61. The molecular formula is C26H23N9O3. The van der Waals surface area contributed by atoms with E-state index in [-0.39, 0.29) is 18.4 Å². The fourth-order valence-corrected chi connectivity index (χ4v) is 4.44. The monoisotopic (exact) mass is 509 g/mol. The molecule has 0 aliphatic rings. The molecule has 38 heavy (non-hydrogen) atoms. The minimum Gasteiger partial charge on any atom is -0.495 e. The number of nitrogens with zero attached hydrogens (tertiary/aromatic N) is 7. The number of nitrogens with two attached hydrogens (primary N) is 1. The molecule has 6 aromatic rings. The number of fused-ring (bicyclic) bond motifs is 3. The van der Waals surface area contributed by atoms with Gasteiger partial charge in [0, 0.05) is 6.20 Å². The van der Waals surface area contributed by atoms with Crippen LogP contribution in [0.3, 0.4) is 0 Å². The van der Waals surface area contributed by atoms with Crippen molar-refractivity contribution in [1.29, 1.82) is 0 Å². The van der Waals surface area contributed by atoms with Crippen LogP contribution in [-0.4, -0.2) is 47.4 Å². The lowest BCUT2D eigenvalue weighted by Gasteiger charge is -2.30. The number of ether oxygens (including phenoxy) is 1. The second kappa shape index (κ2) is 9.00. The number of nitrogens with one attached hydrogen (secondary N) is 1. The van der Waals surface area contributed by atoms with E-state index >= 15 is 0 Å². The Morgan fingerprint density at radius 2 is 1.95 bits per heavy atom. The highest BCUT2D eigenvalue weighted by molar-refractivity contribution is 5.94. The smallest absolute Gasteiger partial charge is 0.252 e. The number of furan rings is 1. The average Bonchev–Trinajstić information content (AvgIpc) is 3.72. The Morgan fingerprint density at radius 3 is 2.71 bits per heavy atom. The normalized spacial score (nSPS) is 13.0. The largest absolute Gasteiger partial charge is 0.495 e. The van der Waals surface area contributed by atoms with E-state index in [1.807, 2.05) is 30.3 Å². The second-order valence-electron chi connectivity index (χ2n) is 8.69. The SMILES string of the molecule is COc1cccnc1CNC(=O)[C@@](C)(c1ccccc1)n1ncc2c1nc(N)n1nc(-c3ccco3)nc21. The first-order chi connectivity index (χ1) is 18.5. The molecular weight excluding hydrogens is 486 g/mol. The molecule has 12 nitrogen and oxygen atoms in total. The number of benzene rings is 1. The van der Waals surface area contributed by atoms with Gasteiger partial charge in [0.05, 0.1) is 31.5 Å². The standard InChI is InChI=1S/C26H23N9O3/c1-26(16-8-4-3-5-9-16,24(36)29-15-18-19(37-2)10-6-12-28-18)35-23-17(14-30-35)22-31-21(20-11-7-13-38-20)33-34(22)25(27)32-23/h3-14H,15H2,1-2H3,(H2,27,32)(H,29,36)/t26-/m1/s1. The third-order valence-electron chi connectivity index (χ3n) is 6.46. The maximum Gasteiger partial charge on any atom is 0.252 e. The predicted octanol–water partition coefficient (Wildman–Crippen LogP) is 2.80. The summed E-state index contributed by atoms with van der Waals surface area (Å²) in [4.78, 5) is 27.5. The number of anilines is 1. The summed E-state index contributed by atoms with van der Waals surface area (Å²) in [5, 5.41) is 12.6. The topological polar surface area (TPSA) is 151 Å². The highest BCUT2D eigenvalue weighted by Crippen LogP contribution is 2.32. The van der Waals surface area contributed by atoms with Crippen LogP contribution in [0.2, 0.25) is 0 Å². The summed E-state index contributed by atoms with van der Waals surface area (Å²) >= 11 is 0. The van der Waals surface area contributed by atoms with Crippen molar-refractivity contribution in [3.05, 3.63) is 84.5 Å². The fourth-order valence-electron chi connectivity index (χ4n) is 4.44. The van der Waals surface area contributed by atoms with Crippen LogP contribution in [0.1, 0.15) is 18.2 Å². The molecule has 1 atom stereocenters. The van der Waals surface area contributed by atoms with Crippen LogP contribution in [0.4, 0.5) is 5.95 Å². The number of hydrogen-bond donors (Lipinski definition) is 2. The molecule has 0 spiro atoms. The minimum absolute atomic E-state index is 0.0913. The number of methoxy groups -OCH3 is 1. The highest BCUT2D eigenvalue weighted by Gasteiger charge is 2.40. The van der Waals surface area contributed by atoms with E-state index < -0.39 is 5.54 Å². The van der Waals surface area contributed by atoms with E-state index in [4.69, 9.17) is 14.9 Å². The van der Waals surface area contributed by atoms with Crippen LogP contribution in [-0.2, 0) is 16.9 Å². The highest BCUT2D eigenvalue weighted by atomic mass is 16.5. The Kier molecular flexibility index (Phi) is 5.48. The Hall–Kier alpha value is -5.26. The maximum atomic E-state index is 13.9. The van der Waals surface area contributed by atoms with Gasteiger partial charge in [0.2, 0.25) is 11.8 Å². The van der Waals surface area contributed by atoms with Crippen LogP contribution in [0.15, 0.2) is 77.7 Å². The van der Waals surface area contributed by atoms with Crippen LogP contribution in [0.5, 0.6) is 5.75 Å². The van der Waals surface area contributed by atoms with Gasteiger partial charge in [0.15, 0.2) is 22.6 Å².